The maximum atomic E-state index is 4.31. The van der Waals surface area contributed by atoms with Crippen molar-refractivity contribution in [1.29, 1.82) is 0 Å². The van der Waals surface area contributed by atoms with E-state index in [1.807, 2.05) is 30.1 Å². The van der Waals surface area contributed by atoms with E-state index in [2.05, 4.69) is 22.2 Å². The Morgan fingerprint density at radius 1 is 1.23 bits per heavy atom. The lowest BCUT2D eigenvalue weighted by molar-refractivity contribution is 0.776. The van der Waals surface area contributed by atoms with Crippen LogP contribution in [0.2, 0.25) is 0 Å². The highest BCUT2D eigenvalue weighted by atomic mass is 15.3. The van der Waals surface area contributed by atoms with E-state index in [4.69, 9.17) is 0 Å². The predicted molar refractivity (Wildman–Crippen MR) is 52.6 cm³/mol. The Kier molecular flexibility index (Phi) is 1.10. The van der Waals surface area contributed by atoms with E-state index in [0.717, 1.165) is 11.2 Å². The van der Waals surface area contributed by atoms with Crippen LogP contribution in [0, 0.1) is 0 Å². The molecule has 0 saturated carbocycles. The smallest absolute Gasteiger partial charge is 0.160 e. The van der Waals surface area contributed by atoms with E-state index in [-0.39, 0.29) is 0 Å². The van der Waals surface area contributed by atoms with Crippen LogP contribution in [0.5, 0.6) is 0 Å². The van der Waals surface area contributed by atoms with Gasteiger partial charge in [-0.3, -0.25) is 4.68 Å². The highest BCUT2D eigenvalue weighted by molar-refractivity contribution is 6.05. The summed E-state index contributed by atoms with van der Waals surface area (Å²) in [6, 6.07) is 8.24. The second-order valence-electron chi connectivity index (χ2n) is 3.24. The van der Waals surface area contributed by atoms with Crippen molar-refractivity contribution in [3.8, 4) is 0 Å². The fourth-order valence-electron chi connectivity index (χ4n) is 1.73. The zero-order valence-corrected chi connectivity index (χ0v) is 7.28. The van der Waals surface area contributed by atoms with Gasteiger partial charge in [-0.2, -0.15) is 5.10 Å². The molecular weight excluding hydrogens is 162 g/mol. The highest BCUT2D eigenvalue weighted by Crippen LogP contribution is 2.23. The van der Waals surface area contributed by atoms with Gasteiger partial charge in [-0.25, -0.2) is 0 Å². The first-order chi connectivity index (χ1) is 6.34. The molecule has 0 fully saturated rings. The zero-order chi connectivity index (χ0) is 8.84. The van der Waals surface area contributed by atoms with Crippen molar-refractivity contribution in [3.05, 3.63) is 30.5 Å². The molecule has 0 radical (unpaired) electrons. The SMILES string of the molecule is Cn1cc2c(n1)[nH]c1ccccc12. The lowest BCUT2D eigenvalue weighted by Gasteiger charge is -1.87. The molecule has 0 atom stereocenters. The Morgan fingerprint density at radius 3 is 3.00 bits per heavy atom. The molecule has 3 nitrogen and oxygen atoms in total. The number of benzene rings is 1. The van der Waals surface area contributed by atoms with Gasteiger partial charge in [-0.05, 0) is 6.07 Å². The minimum atomic E-state index is 0.962. The molecule has 1 aromatic carbocycles. The Morgan fingerprint density at radius 2 is 2.08 bits per heavy atom. The molecule has 3 heteroatoms. The first-order valence-corrected chi connectivity index (χ1v) is 4.25. The molecule has 64 valence electrons. The second kappa shape index (κ2) is 2.13. The molecule has 3 aromatic rings. The molecule has 1 N–H and O–H groups in total. The molecular formula is C10H9N3. The monoisotopic (exact) mass is 171 g/mol. The third kappa shape index (κ3) is 0.811. The number of aromatic nitrogens is 3. The molecule has 0 aliphatic heterocycles. The molecule has 0 spiro atoms. The maximum Gasteiger partial charge on any atom is 0.160 e. The molecule has 0 bridgehead atoms. The summed E-state index contributed by atoms with van der Waals surface area (Å²) in [5.74, 6) is 0. The standard InChI is InChI=1S/C10H9N3/c1-13-6-8-7-4-2-3-5-9(7)11-10(8)12-13/h2-6H,1H3,(H,11,12). The number of hydrogen-bond acceptors (Lipinski definition) is 1. The van der Waals surface area contributed by atoms with Gasteiger partial charge in [-0.1, -0.05) is 18.2 Å². The summed E-state index contributed by atoms with van der Waals surface area (Å²) >= 11 is 0. The van der Waals surface area contributed by atoms with Crippen LogP contribution in [0.3, 0.4) is 0 Å². The van der Waals surface area contributed by atoms with Gasteiger partial charge in [0.1, 0.15) is 0 Å². The number of aryl methyl sites for hydroxylation is 1. The Balaban J connectivity index is 2.60. The third-order valence-electron chi connectivity index (χ3n) is 2.30. The summed E-state index contributed by atoms with van der Waals surface area (Å²) in [6.07, 6.45) is 2.04. The van der Waals surface area contributed by atoms with Crippen LogP contribution in [0.1, 0.15) is 0 Å². The number of H-pyrrole nitrogens is 1. The van der Waals surface area contributed by atoms with Crippen LogP contribution in [-0.4, -0.2) is 14.8 Å². The van der Waals surface area contributed by atoms with Crippen LogP contribution in [0.4, 0.5) is 0 Å². The lowest BCUT2D eigenvalue weighted by Crippen LogP contribution is -1.86. The predicted octanol–water partition coefficient (Wildman–Crippen LogP) is 2.05. The second-order valence-corrected chi connectivity index (χ2v) is 3.24. The number of hydrogen-bond donors (Lipinski definition) is 1. The first kappa shape index (κ1) is 6.71. The van der Waals surface area contributed by atoms with Gasteiger partial charge < -0.3 is 4.98 Å². The van der Waals surface area contributed by atoms with E-state index in [1.54, 1.807) is 0 Å². The average molecular weight is 171 g/mol. The van der Waals surface area contributed by atoms with Crippen molar-refractivity contribution in [2.45, 2.75) is 0 Å². The molecule has 0 unspecified atom stereocenters. The normalized spacial score (nSPS) is 11.5. The Bertz CT molecular complexity index is 574. The van der Waals surface area contributed by atoms with Gasteiger partial charge in [0.25, 0.3) is 0 Å². The van der Waals surface area contributed by atoms with Crippen LogP contribution in [-0.2, 0) is 7.05 Å². The number of aromatic amines is 1. The maximum absolute atomic E-state index is 4.31. The molecule has 0 aliphatic carbocycles. The van der Waals surface area contributed by atoms with Gasteiger partial charge in [-0.15, -0.1) is 0 Å². The highest BCUT2D eigenvalue weighted by Gasteiger charge is 2.05. The van der Waals surface area contributed by atoms with Crippen LogP contribution in [0.25, 0.3) is 21.9 Å². The van der Waals surface area contributed by atoms with Crippen molar-refractivity contribution in [2.24, 2.45) is 7.05 Å². The zero-order valence-electron chi connectivity index (χ0n) is 7.28. The van der Waals surface area contributed by atoms with Crippen LogP contribution >= 0.6 is 0 Å². The molecule has 13 heavy (non-hydrogen) atoms. The molecule has 0 saturated heterocycles. The van der Waals surface area contributed by atoms with Crippen molar-refractivity contribution >= 4 is 21.9 Å². The van der Waals surface area contributed by atoms with E-state index in [9.17, 15) is 0 Å². The lowest BCUT2D eigenvalue weighted by atomic mass is 10.2. The fourth-order valence-corrected chi connectivity index (χ4v) is 1.73. The molecule has 0 amide bonds. The quantitative estimate of drug-likeness (QED) is 0.551. The molecule has 3 rings (SSSR count). The number of fused-ring (bicyclic) bond motifs is 3. The average Bonchev–Trinajstić information content (AvgIpc) is 2.60. The fraction of sp³-hybridized carbons (Fsp3) is 0.100. The summed E-state index contributed by atoms with van der Waals surface area (Å²) < 4.78 is 1.83. The molecule has 0 aliphatic rings. The molecule has 2 aromatic heterocycles. The number of para-hydroxylation sites is 1. The number of nitrogens with one attached hydrogen (secondary N) is 1. The van der Waals surface area contributed by atoms with Gasteiger partial charge in [0, 0.05) is 29.5 Å². The van der Waals surface area contributed by atoms with Crippen LogP contribution in [0.15, 0.2) is 30.5 Å². The van der Waals surface area contributed by atoms with Crippen molar-refractivity contribution in [1.82, 2.24) is 14.8 Å². The first-order valence-electron chi connectivity index (χ1n) is 4.25. The van der Waals surface area contributed by atoms with Gasteiger partial charge in [0.15, 0.2) is 5.65 Å². The summed E-state index contributed by atoms with van der Waals surface area (Å²) in [4.78, 5) is 3.27. The third-order valence-corrected chi connectivity index (χ3v) is 2.30. The van der Waals surface area contributed by atoms with Crippen LogP contribution < -0.4 is 0 Å². The summed E-state index contributed by atoms with van der Waals surface area (Å²) in [6.45, 7) is 0. The number of nitrogens with zero attached hydrogens (tertiary/aromatic N) is 2. The van der Waals surface area contributed by atoms with Crippen molar-refractivity contribution in [3.63, 3.8) is 0 Å². The van der Waals surface area contributed by atoms with Crippen molar-refractivity contribution < 1.29 is 0 Å². The van der Waals surface area contributed by atoms with E-state index >= 15 is 0 Å². The Labute approximate surface area is 75.0 Å². The van der Waals surface area contributed by atoms with E-state index < -0.39 is 0 Å². The summed E-state index contributed by atoms with van der Waals surface area (Å²) in [7, 11) is 1.93. The summed E-state index contributed by atoms with van der Waals surface area (Å²) in [5, 5.41) is 6.75. The topological polar surface area (TPSA) is 33.6 Å². The Hall–Kier alpha value is -1.77. The largest absolute Gasteiger partial charge is 0.338 e. The van der Waals surface area contributed by atoms with Gasteiger partial charge in [0.2, 0.25) is 0 Å². The molecule has 2 heterocycles. The number of rotatable bonds is 0. The van der Waals surface area contributed by atoms with Gasteiger partial charge >= 0.3 is 0 Å². The minimum absolute atomic E-state index is 0.962. The minimum Gasteiger partial charge on any atom is -0.338 e. The van der Waals surface area contributed by atoms with E-state index in [1.165, 1.54) is 10.8 Å². The van der Waals surface area contributed by atoms with Crippen molar-refractivity contribution in [2.75, 3.05) is 0 Å². The summed E-state index contributed by atoms with van der Waals surface area (Å²) in [5.41, 5.74) is 2.12. The van der Waals surface area contributed by atoms with Gasteiger partial charge in [0.05, 0.1) is 0 Å². The van der Waals surface area contributed by atoms with E-state index in [0.29, 0.717) is 0 Å².